The topological polar surface area (TPSA) is 66.0 Å². The summed E-state index contributed by atoms with van der Waals surface area (Å²) in [5.74, 6) is 1.92. The SMILES string of the molecule is CNc1nc(NC2CCCCC2(C)C)nc(N(C)C)n1. The largest absolute Gasteiger partial charge is 0.357 e. The Labute approximate surface area is 121 Å². The highest BCUT2D eigenvalue weighted by atomic mass is 15.3. The van der Waals surface area contributed by atoms with E-state index in [0.29, 0.717) is 23.9 Å². The van der Waals surface area contributed by atoms with Crippen molar-refractivity contribution in [3.05, 3.63) is 0 Å². The smallest absolute Gasteiger partial charge is 0.231 e. The molecule has 1 atom stereocenters. The average Bonchev–Trinajstić information content (AvgIpc) is 2.40. The van der Waals surface area contributed by atoms with Gasteiger partial charge in [-0.15, -0.1) is 0 Å². The van der Waals surface area contributed by atoms with Crippen LogP contribution >= 0.6 is 0 Å². The molecule has 0 aliphatic heterocycles. The van der Waals surface area contributed by atoms with E-state index in [0.717, 1.165) is 0 Å². The van der Waals surface area contributed by atoms with Crippen molar-refractivity contribution in [2.24, 2.45) is 5.41 Å². The number of aromatic nitrogens is 3. The van der Waals surface area contributed by atoms with Gasteiger partial charge < -0.3 is 15.5 Å². The fraction of sp³-hybridized carbons (Fsp3) is 0.786. The molecule has 1 saturated carbocycles. The zero-order valence-electron chi connectivity index (χ0n) is 13.2. The Kier molecular flexibility index (Phi) is 4.30. The average molecular weight is 278 g/mol. The van der Waals surface area contributed by atoms with Crippen molar-refractivity contribution in [1.82, 2.24) is 15.0 Å². The van der Waals surface area contributed by atoms with Gasteiger partial charge in [-0.05, 0) is 18.3 Å². The van der Waals surface area contributed by atoms with E-state index in [1.807, 2.05) is 26.0 Å². The maximum absolute atomic E-state index is 4.49. The Morgan fingerprint density at radius 1 is 1.10 bits per heavy atom. The fourth-order valence-corrected chi connectivity index (χ4v) is 2.66. The normalized spacial score (nSPS) is 21.4. The highest BCUT2D eigenvalue weighted by molar-refractivity contribution is 5.43. The molecule has 0 saturated heterocycles. The van der Waals surface area contributed by atoms with E-state index in [-0.39, 0.29) is 5.41 Å². The van der Waals surface area contributed by atoms with E-state index < -0.39 is 0 Å². The van der Waals surface area contributed by atoms with Gasteiger partial charge in [0.05, 0.1) is 0 Å². The van der Waals surface area contributed by atoms with E-state index in [4.69, 9.17) is 0 Å². The van der Waals surface area contributed by atoms with Crippen LogP contribution in [0.25, 0.3) is 0 Å². The van der Waals surface area contributed by atoms with E-state index in [2.05, 4.69) is 39.4 Å². The molecule has 0 amide bonds. The predicted octanol–water partition coefficient (Wildman–Crippen LogP) is 2.36. The van der Waals surface area contributed by atoms with Gasteiger partial charge in [-0.2, -0.15) is 15.0 Å². The number of hydrogen-bond donors (Lipinski definition) is 2. The highest BCUT2D eigenvalue weighted by Crippen LogP contribution is 2.36. The molecule has 1 aliphatic carbocycles. The van der Waals surface area contributed by atoms with Gasteiger partial charge in [0.15, 0.2) is 0 Å². The highest BCUT2D eigenvalue weighted by Gasteiger charge is 2.32. The van der Waals surface area contributed by atoms with Gasteiger partial charge in [-0.1, -0.05) is 26.7 Å². The molecule has 6 nitrogen and oxygen atoms in total. The van der Waals surface area contributed by atoms with Crippen LogP contribution in [0.5, 0.6) is 0 Å². The Hall–Kier alpha value is -1.59. The van der Waals surface area contributed by atoms with E-state index >= 15 is 0 Å². The predicted molar refractivity (Wildman–Crippen MR) is 83.4 cm³/mol. The van der Waals surface area contributed by atoms with Crippen LogP contribution in [-0.2, 0) is 0 Å². The lowest BCUT2D eigenvalue weighted by atomic mass is 9.73. The maximum Gasteiger partial charge on any atom is 0.231 e. The number of rotatable bonds is 4. The molecule has 1 aromatic rings. The van der Waals surface area contributed by atoms with Crippen LogP contribution in [0.4, 0.5) is 17.8 Å². The molecule has 1 unspecified atom stereocenters. The van der Waals surface area contributed by atoms with Gasteiger partial charge in [0.1, 0.15) is 0 Å². The quantitative estimate of drug-likeness (QED) is 0.881. The number of anilines is 3. The van der Waals surface area contributed by atoms with E-state index in [1.54, 1.807) is 0 Å². The molecule has 0 aromatic carbocycles. The first-order valence-corrected chi connectivity index (χ1v) is 7.30. The Balaban J connectivity index is 2.21. The lowest BCUT2D eigenvalue weighted by molar-refractivity contribution is 0.216. The van der Waals surface area contributed by atoms with Gasteiger partial charge in [-0.3, -0.25) is 0 Å². The summed E-state index contributed by atoms with van der Waals surface area (Å²) in [7, 11) is 5.69. The molecule has 2 rings (SSSR count). The van der Waals surface area contributed by atoms with Crippen molar-refractivity contribution in [2.45, 2.75) is 45.6 Å². The van der Waals surface area contributed by atoms with Crippen molar-refractivity contribution < 1.29 is 0 Å². The van der Waals surface area contributed by atoms with Crippen LogP contribution in [0.1, 0.15) is 39.5 Å². The molecule has 1 heterocycles. The minimum Gasteiger partial charge on any atom is -0.357 e. The summed E-state index contributed by atoms with van der Waals surface area (Å²) in [4.78, 5) is 15.1. The molecule has 1 aromatic heterocycles. The van der Waals surface area contributed by atoms with Crippen molar-refractivity contribution in [2.75, 3.05) is 36.7 Å². The van der Waals surface area contributed by atoms with Crippen LogP contribution in [0, 0.1) is 5.41 Å². The zero-order chi connectivity index (χ0) is 14.8. The second-order valence-electron chi connectivity index (χ2n) is 6.36. The zero-order valence-corrected chi connectivity index (χ0v) is 13.2. The Morgan fingerprint density at radius 3 is 2.40 bits per heavy atom. The second kappa shape index (κ2) is 5.81. The van der Waals surface area contributed by atoms with Crippen LogP contribution in [0.15, 0.2) is 0 Å². The molecule has 20 heavy (non-hydrogen) atoms. The van der Waals surface area contributed by atoms with Crippen molar-refractivity contribution >= 4 is 17.8 Å². The van der Waals surface area contributed by atoms with E-state index in [9.17, 15) is 0 Å². The standard InChI is InChI=1S/C14H26N6/c1-14(2)9-7-6-8-10(14)16-12-17-11(15-3)18-13(19-12)20(4)5/h10H,6-9H2,1-5H3,(H2,15,16,17,18,19). The van der Waals surface area contributed by atoms with Crippen LogP contribution in [0.3, 0.4) is 0 Å². The summed E-state index contributed by atoms with van der Waals surface area (Å²) < 4.78 is 0. The van der Waals surface area contributed by atoms with E-state index in [1.165, 1.54) is 25.7 Å². The van der Waals surface area contributed by atoms with Gasteiger partial charge in [-0.25, -0.2) is 0 Å². The van der Waals surface area contributed by atoms with Gasteiger partial charge >= 0.3 is 0 Å². The second-order valence-corrected chi connectivity index (χ2v) is 6.36. The molecule has 6 heteroatoms. The van der Waals surface area contributed by atoms with Crippen molar-refractivity contribution in [1.29, 1.82) is 0 Å². The summed E-state index contributed by atoms with van der Waals surface area (Å²) >= 11 is 0. The lowest BCUT2D eigenvalue weighted by Gasteiger charge is -2.39. The number of nitrogens with one attached hydrogen (secondary N) is 2. The third-order valence-corrected chi connectivity index (χ3v) is 4.06. The molecule has 1 aliphatic rings. The van der Waals surface area contributed by atoms with Gasteiger partial charge in [0, 0.05) is 27.2 Å². The van der Waals surface area contributed by atoms with Gasteiger partial charge in [0.25, 0.3) is 0 Å². The lowest BCUT2D eigenvalue weighted by Crippen LogP contribution is -2.39. The molecule has 0 bridgehead atoms. The first kappa shape index (κ1) is 14.8. The summed E-state index contributed by atoms with van der Waals surface area (Å²) in [6, 6.07) is 0.415. The van der Waals surface area contributed by atoms with Crippen molar-refractivity contribution in [3.8, 4) is 0 Å². The monoisotopic (exact) mass is 278 g/mol. The van der Waals surface area contributed by atoms with Gasteiger partial charge in [0.2, 0.25) is 17.8 Å². The molecule has 0 radical (unpaired) electrons. The summed E-state index contributed by atoms with van der Waals surface area (Å²) in [5.41, 5.74) is 0.281. The van der Waals surface area contributed by atoms with Crippen LogP contribution in [-0.4, -0.2) is 42.1 Å². The summed E-state index contributed by atoms with van der Waals surface area (Å²) in [6.45, 7) is 4.63. The van der Waals surface area contributed by atoms with Crippen LogP contribution < -0.4 is 15.5 Å². The summed E-state index contributed by atoms with van der Waals surface area (Å²) in [5, 5.41) is 6.50. The summed E-state index contributed by atoms with van der Waals surface area (Å²) in [6.07, 6.45) is 5.00. The Morgan fingerprint density at radius 2 is 1.80 bits per heavy atom. The fourth-order valence-electron chi connectivity index (χ4n) is 2.66. The van der Waals surface area contributed by atoms with Crippen LogP contribution in [0.2, 0.25) is 0 Å². The maximum atomic E-state index is 4.49. The van der Waals surface area contributed by atoms with Crippen molar-refractivity contribution in [3.63, 3.8) is 0 Å². The first-order valence-electron chi connectivity index (χ1n) is 7.30. The molecule has 0 spiro atoms. The molecular weight excluding hydrogens is 252 g/mol. The number of nitrogens with zero attached hydrogens (tertiary/aromatic N) is 4. The molecule has 1 fully saturated rings. The minimum atomic E-state index is 0.281. The Bertz CT molecular complexity index is 457. The third kappa shape index (κ3) is 3.29. The first-order chi connectivity index (χ1) is 9.42. The number of hydrogen-bond acceptors (Lipinski definition) is 6. The minimum absolute atomic E-state index is 0.281. The molecular formula is C14H26N6. The molecule has 112 valence electrons. The third-order valence-electron chi connectivity index (χ3n) is 4.06. The molecule has 2 N–H and O–H groups in total.